The number of rotatable bonds is 5. The van der Waals surface area contributed by atoms with Crippen molar-refractivity contribution in [3.63, 3.8) is 0 Å². The van der Waals surface area contributed by atoms with Gasteiger partial charge in [-0.05, 0) is 67.8 Å². The van der Waals surface area contributed by atoms with Gasteiger partial charge in [-0.25, -0.2) is 4.39 Å². The van der Waals surface area contributed by atoms with Crippen molar-refractivity contribution >= 4 is 17.7 Å². The molecule has 0 aliphatic carbocycles. The number of amides is 1. The fourth-order valence-corrected chi connectivity index (χ4v) is 3.39. The van der Waals surface area contributed by atoms with Gasteiger partial charge in [-0.15, -0.1) is 0 Å². The van der Waals surface area contributed by atoms with Gasteiger partial charge in [-0.2, -0.15) is 5.26 Å². The van der Waals surface area contributed by atoms with E-state index in [0.29, 0.717) is 11.4 Å². The van der Waals surface area contributed by atoms with Gasteiger partial charge < -0.3 is 9.88 Å². The van der Waals surface area contributed by atoms with Crippen molar-refractivity contribution in [3.8, 4) is 11.8 Å². The summed E-state index contributed by atoms with van der Waals surface area (Å²) in [5, 5.41) is 12.4. The number of hydrogen-bond acceptors (Lipinski definition) is 2. The first-order chi connectivity index (χ1) is 13.9. The molecule has 1 amide bonds. The van der Waals surface area contributed by atoms with E-state index in [0.717, 1.165) is 28.9 Å². The predicted octanol–water partition coefficient (Wildman–Crippen LogP) is 5.34. The van der Waals surface area contributed by atoms with Crippen LogP contribution in [0.25, 0.3) is 11.8 Å². The molecule has 5 heteroatoms. The molecule has 0 saturated heterocycles. The molecular formula is C24H22FN3O. The standard InChI is InChI=1S/C24H22FN3O/c1-4-18-8-5-6-11-23(18)27-24(29)20(15-26)13-19-12-16(2)28(17(19)3)22-10-7-9-21(25)14-22/h5-14H,4H2,1-3H3,(H,27,29)/b20-13-. The molecule has 0 radical (unpaired) electrons. The summed E-state index contributed by atoms with van der Waals surface area (Å²) in [6, 6.07) is 17.7. The Bertz CT molecular complexity index is 1140. The van der Waals surface area contributed by atoms with Crippen molar-refractivity contribution in [2.24, 2.45) is 0 Å². The number of carbonyl (C=O) groups excluding carboxylic acids is 1. The molecule has 0 aliphatic rings. The van der Waals surface area contributed by atoms with Crippen LogP contribution in [0.3, 0.4) is 0 Å². The Morgan fingerprint density at radius 2 is 1.93 bits per heavy atom. The molecule has 146 valence electrons. The summed E-state index contributed by atoms with van der Waals surface area (Å²) < 4.78 is 15.5. The van der Waals surface area contributed by atoms with Gasteiger partial charge in [0.1, 0.15) is 17.5 Å². The van der Waals surface area contributed by atoms with Crippen LogP contribution in [0.15, 0.2) is 60.2 Å². The van der Waals surface area contributed by atoms with Gasteiger partial charge in [-0.1, -0.05) is 31.2 Å². The quantitative estimate of drug-likeness (QED) is 0.474. The van der Waals surface area contributed by atoms with Crippen molar-refractivity contribution in [1.29, 1.82) is 5.26 Å². The summed E-state index contributed by atoms with van der Waals surface area (Å²) in [7, 11) is 0. The van der Waals surface area contributed by atoms with Crippen LogP contribution in [-0.2, 0) is 11.2 Å². The number of benzene rings is 2. The summed E-state index contributed by atoms with van der Waals surface area (Å²) in [5.41, 5.74) is 4.85. The number of carbonyl (C=O) groups is 1. The molecule has 0 atom stereocenters. The average molecular weight is 387 g/mol. The van der Waals surface area contributed by atoms with E-state index in [2.05, 4.69) is 5.32 Å². The van der Waals surface area contributed by atoms with E-state index in [-0.39, 0.29) is 11.4 Å². The second-order valence-corrected chi connectivity index (χ2v) is 6.78. The van der Waals surface area contributed by atoms with E-state index in [9.17, 15) is 14.4 Å². The highest BCUT2D eigenvalue weighted by molar-refractivity contribution is 6.10. The van der Waals surface area contributed by atoms with Crippen LogP contribution in [0, 0.1) is 31.0 Å². The fraction of sp³-hybridized carbons (Fsp3) is 0.167. The lowest BCUT2D eigenvalue weighted by molar-refractivity contribution is -0.112. The molecule has 1 heterocycles. The molecule has 4 nitrogen and oxygen atoms in total. The molecule has 0 aliphatic heterocycles. The Labute approximate surface area is 169 Å². The lowest BCUT2D eigenvalue weighted by atomic mass is 10.1. The summed E-state index contributed by atoms with van der Waals surface area (Å²) >= 11 is 0. The number of aryl methyl sites for hydroxylation is 2. The van der Waals surface area contributed by atoms with Crippen LogP contribution in [0.4, 0.5) is 10.1 Å². The molecule has 3 aromatic rings. The minimum atomic E-state index is -0.455. The average Bonchev–Trinajstić information content (AvgIpc) is 2.99. The smallest absolute Gasteiger partial charge is 0.266 e. The Balaban J connectivity index is 1.95. The monoisotopic (exact) mass is 387 g/mol. The number of nitrogens with zero attached hydrogens (tertiary/aromatic N) is 2. The lowest BCUT2D eigenvalue weighted by Crippen LogP contribution is -2.14. The molecular weight excluding hydrogens is 365 g/mol. The van der Waals surface area contributed by atoms with E-state index >= 15 is 0 Å². The third-order valence-corrected chi connectivity index (χ3v) is 4.85. The first-order valence-electron chi connectivity index (χ1n) is 9.40. The van der Waals surface area contributed by atoms with Crippen molar-refractivity contribution < 1.29 is 9.18 Å². The topological polar surface area (TPSA) is 57.8 Å². The number of nitriles is 1. The zero-order chi connectivity index (χ0) is 21.0. The van der Waals surface area contributed by atoms with E-state index in [1.54, 1.807) is 12.1 Å². The molecule has 3 rings (SSSR count). The van der Waals surface area contributed by atoms with Gasteiger partial charge in [0.2, 0.25) is 0 Å². The maximum atomic E-state index is 13.6. The number of halogens is 1. The van der Waals surface area contributed by atoms with E-state index in [1.165, 1.54) is 12.1 Å². The Kier molecular flexibility index (Phi) is 5.94. The third-order valence-electron chi connectivity index (χ3n) is 4.85. The van der Waals surface area contributed by atoms with Crippen LogP contribution in [0.1, 0.15) is 29.4 Å². The number of para-hydroxylation sites is 1. The van der Waals surface area contributed by atoms with Gasteiger partial charge in [-0.3, -0.25) is 4.79 Å². The van der Waals surface area contributed by atoms with E-state index in [1.807, 2.05) is 67.8 Å². The zero-order valence-corrected chi connectivity index (χ0v) is 16.7. The van der Waals surface area contributed by atoms with Gasteiger partial charge in [0.05, 0.1) is 0 Å². The zero-order valence-electron chi connectivity index (χ0n) is 16.7. The second kappa shape index (κ2) is 8.57. The molecule has 29 heavy (non-hydrogen) atoms. The summed E-state index contributed by atoms with van der Waals surface area (Å²) in [6.07, 6.45) is 2.35. The van der Waals surface area contributed by atoms with Crippen LogP contribution in [0.2, 0.25) is 0 Å². The highest BCUT2D eigenvalue weighted by atomic mass is 19.1. The van der Waals surface area contributed by atoms with Gasteiger partial charge in [0.25, 0.3) is 5.91 Å². The molecule has 0 saturated carbocycles. The van der Waals surface area contributed by atoms with Gasteiger partial charge in [0.15, 0.2) is 0 Å². The molecule has 2 aromatic carbocycles. The molecule has 0 unspecified atom stereocenters. The molecule has 1 aromatic heterocycles. The van der Waals surface area contributed by atoms with Crippen LogP contribution < -0.4 is 5.32 Å². The highest BCUT2D eigenvalue weighted by Crippen LogP contribution is 2.24. The van der Waals surface area contributed by atoms with Gasteiger partial charge in [0, 0.05) is 22.8 Å². The van der Waals surface area contributed by atoms with Crippen molar-refractivity contribution in [2.75, 3.05) is 5.32 Å². The minimum absolute atomic E-state index is 0.00963. The second-order valence-electron chi connectivity index (χ2n) is 6.78. The minimum Gasteiger partial charge on any atom is -0.321 e. The fourth-order valence-electron chi connectivity index (χ4n) is 3.39. The summed E-state index contributed by atoms with van der Waals surface area (Å²) in [5.74, 6) is -0.775. The molecule has 0 spiro atoms. The van der Waals surface area contributed by atoms with Crippen molar-refractivity contribution in [1.82, 2.24) is 4.57 Å². The Hall–Kier alpha value is -3.65. The number of nitrogens with one attached hydrogen (secondary N) is 1. The Morgan fingerprint density at radius 1 is 1.17 bits per heavy atom. The SMILES string of the molecule is CCc1ccccc1NC(=O)/C(C#N)=C\c1cc(C)n(-c2cccc(F)c2)c1C. The number of anilines is 1. The summed E-state index contributed by atoms with van der Waals surface area (Å²) in [6.45, 7) is 5.79. The lowest BCUT2D eigenvalue weighted by Gasteiger charge is -2.10. The molecule has 0 bridgehead atoms. The number of hydrogen-bond donors (Lipinski definition) is 1. The van der Waals surface area contributed by atoms with Crippen LogP contribution in [0.5, 0.6) is 0 Å². The summed E-state index contributed by atoms with van der Waals surface area (Å²) in [4.78, 5) is 12.7. The largest absolute Gasteiger partial charge is 0.321 e. The van der Waals surface area contributed by atoms with Gasteiger partial charge >= 0.3 is 0 Å². The predicted molar refractivity (Wildman–Crippen MR) is 113 cm³/mol. The van der Waals surface area contributed by atoms with Crippen molar-refractivity contribution in [2.45, 2.75) is 27.2 Å². The molecule has 1 N–H and O–H groups in total. The molecule has 0 fully saturated rings. The third kappa shape index (κ3) is 4.27. The van der Waals surface area contributed by atoms with Crippen LogP contribution >= 0.6 is 0 Å². The first-order valence-corrected chi connectivity index (χ1v) is 9.40. The maximum Gasteiger partial charge on any atom is 0.266 e. The highest BCUT2D eigenvalue weighted by Gasteiger charge is 2.15. The van der Waals surface area contributed by atoms with Crippen molar-refractivity contribution in [3.05, 3.63) is 88.5 Å². The maximum absolute atomic E-state index is 13.6. The van der Waals surface area contributed by atoms with E-state index in [4.69, 9.17) is 0 Å². The number of aromatic nitrogens is 1. The van der Waals surface area contributed by atoms with E-state index < -0.39 is 5.91 Å². The normalized spacial score (nSPS) is 11.2. The Morgan fingerprint density at radius 3 is 2.62 bits per heavy atom. The first kappa shape index (κ1) is 20.1. The van der Waals surface area contributed by atoms with Crippen LogP contribution in [-0.4, -0.2) is 10.5 Å².